The van der Waals surface area contributed by atoms with Crippen molar-refractivity contribution in [3.63, 3.8) is 0 Å². The molecule has 0 atom stereocenters. The van der Waals surface area contributed by atoms with E-state index >= 15 is 0 Å². The first kappa shape index (κ1) is 82.5. The zero-order valence-corrected chi connectivity index (χ0v) is 83.2. The van der Waals surface area contributed by atoms with Crippen LogP contribution < -0.4 is 0 Å². The van der Waals surface area contributed by atoms with Gasteiger partial charge in [-0.3, -0.25) is 15.0 Å². The van der Waals surface area contributed by atoms with Crippen molar-refractivity contribution < 1.29 is 8.83 Å². The summed E-state index contributed by atoms with van der Waals surface area (Å²) in [6.45, 7) is 0. The van der Waals surface area contributed by atoms with Crippen LogP contribution in [0.1, 0.15) is 0 Å². The molecule has 17 heteroatoms. The van der Waals surface area contributed by atoms with E-state index in [1.165, 1.54) is 236 Å². The molecule has 16 heterocycles. The Morgan fingerprint density at radius 2 is 0.514 bits per heavy atom. The Labute approximate surface area is 862 Å². The van der Waals surface area contributed by atoms with Crippen LogP contribution in [0, 0.1) is 0 Å². The zero-order chi connectivity index (χ0) is 96.3. The number of thiophene rings is 6. The molecule has 36 rings (SSSR count). The highest BCUT2D eigenvalue weighted by molar-refractivity contribution is 7.29. The third kappa shape index (κ3) is 12.2. The fourth-order valence-electron chi connectivity index (χ4n) is 23.8. The van der Waals surface area contributed by atoms with Gasteiger partial charge in [-0.2, -0.15) is 0 Å². The van der Waals surface area contributed by atoms with Gasteiger partial charge in [0.1, 0.15) is 23.1 Å². The number of para-hydroxylation sites is 7. The summed E-state index contributed by atoms with van der Waals surface area (Å²) in [6.07, 6.45) is 9.13. The molecule has 11 nitrogen and oxygen atoms in total. The average molecular weight is 2000 g/mol. The topological polar surface area (TPSA) is 110 Å². The molecule has 0 spiro atoms. The highest BCUT2D eigenvalue weighted by Crippen LogP contribution is 2.53. The molecule has 0 aliphatic carbocycles. The third-order valence-corrected chi connectivity index (χ3v) is 37.3. The first-order valence-electron chi connectivity index (χ1n) is 49.4. The first-order chi connectivity index (χ1) is 73.3. The molecule has 0 unspecified atom stereocenters. The quantitative estimate of drug-likeness (QED) is 0.173. The van der Waals surface area contributed by atoms with E-state index in [4.69, 9.17) is 8.83 Å². The van der Waals surface area contributed by atoms with E-state index in [9.17, 15) is 0 Å². The minimum absolute atomic E-state index is 0.908. The van der Waals surface area contributed by atoms with Gasteiger partial charge in [0.2, 0.25) is 0 Å². The fourth-order valence-corrected chi connectivity index (χ4v) is 31.1. The lowest BCUT2D eigenvalue weighted by Gasteiger charge is -2.09. The molecular formula is C131H71N9O2S6. The van der Waals surface area contributed by atoms with Gasteiger partial charge in [0.05, 0.1) is 90.7 Å². The molecule has 0 amide bonds. The summed E-state index contributed by atoms with van der Waals surface area (Å²) in [5.41, 5.74) is 22.3. The van der Waals surface area contributed by atoms with Gasteiger partial charge >= 0.3 is 0 Å². The maximum absolute atomic E-state index is 6.50. The number of furan rings is 2. The van der Waals surface area contributed by atoms with Crippen LogP contribution in [0.15, 0.2) is 440 Å². The second-order valence-corrected chi connectivity index (χ2v) is 44.7. The molecular weight excluding hydrogens is 1920 g/mol. The number of benzene rings is 20. The number of pyridine rings is 3. The average Bonchev–Trinajstić information content (AvgIpc) is 1.56. The summed E-state index contributed by atoms with van der Waals surface area (Å²) in [5.74, 6) is 0. The maximum atomic E-state index is 6.50. The second kappa shape index (κ2) is 31.8. The van der Waals surface area contributed by atoms with Gasteiger partial charge < -0.3 is 27.1 Å². The van der Waals surface area contributed by atoms with Crippen LogP contribution in [0.2, 0.25) is 0 Å². The Balaban J connectivity index is 0.0000000859. The van der Waals surface area contributed by atoms with Crippen molar-refractivity contribution in [2.45, 2.75) is 0 Å². The van der Waals surface area contributed by atoms with E-state index in [0.29, 0.717) is 0 Å². The lowest BCUT2D eigenvalue weighted by Crippen LogP contribution is -1.94. The Hall–Kier alpha value is -17.9. The van der Waals surface area contributed by atoms with Gasteiger partial charge in [-0.25, -0.2) is 9.97 Å². The van der Waals surface area contributed by atoms with E-state index in [-0.39, 0.29) is 0 Å². The number of hydrogen-bond acceptors (Lipinski definition) is 13. The van der Waals surface area contributed by atoms with E-state index in [1.807, 2.05) is 135 Å². The minimum Gasteiger partial charge on any atom is -0.456 e. The van der Waals surface area contributed by atoms with Gasteiger partial charge in [-0.05, 0) is 164 Å². The van der Waals surface area contributed by atoms with Crippen molar-refractivity contribution in [1.29, 1.82) is 0 Å². The zero-order valence-electron chi connectivity index (χ0n) is 78.3. The number of nitrogens with zero attached hydrogens (tertiary/aromatic N) is 9. The van der Waals surface area contributed by atoms with Crippen molar-refractivity contribution in [2.75, 3.05) is 0 Å². The number of aromatic nitrogens is 9. The van der Waals surface area contributed by atoms with Crippen molar-refractivity contribution in [2.24, 2.45) is 0 Å². The van der Waals surface area contributed by atoms with E-state index in [1.54, 1.807) is 6.33 Å². The van der Waals surface area contributed by atoms with Gasteiger partial charge in [0, 0.05) is 230 Å². The van der Waals surface area contributed by atoms with Gasteiger partial charge in [-0.15, -0.1) is 68.0 Å². The molecule has 0 bridgehead atoms. The Morgan fingerprint density at radius 3 is 0.966 bits per heavy atom. The summed E-state index contributed by atoms with van der Waals surface area (Å²) in [5, 5.41) is 35.0. The van der Waals surface area contributed by atoms with Gasteiger partial charge in [-0.1, -0.05) is 237 Å². The molecule has 0 radical (unpaired) electrons. The van der Waals surface area contributed by atoms with Crippen LogP contribution in [-0.4, -0.2) is 43.2 Å². The van der Waals surface area contributed by atoms with E-state index in [0.717, 1.165) is 82.7 Å². The molecule has 0 fully saturated rings. The molecule has 20 aromatic carbocycles. The van der Waals surface area contributed by atoms with Crippen molar-refractivity contribution >= 4 is 364 Å². The Kier molecular flexibility index (Phi) is 17.7. The monoisotopic (exact) mass is 1990 g/mol. The predicted octanol–water partition coefficient (Wildman–Crippen LogP) is 38.7. The minimum atomic E-state index is 0.908. The van der Waals surface area contributed by atoms with Gasteiger partial charge in [0.15, 0.2) is 5.58 Å². The predicted molar refractivity (Wildman–Crippen MR) is 634 cm³/mol. The SMILES string of the molecule is c1ccc2c(c1)oc1c(-n3c4ccccc4c4ccc5c6cc7cncnc7cc6sc5c43)cccc12.c1cnc2cc3sc4c(ccc5c6ccccc6n(-c6ccc7c(c6)sc6ccccc67)c54)c3cc2c1.c1cnc2cc3sc4c(ccc5c6ccccc6n(-c6ccc7c(c6)sc6ccccc67)c54)c3cc2c1.c1cnc2cc3sc4c(ccc5c6ccccc6n(-c6ccc7oc8ccccc8c7c6)c54)c3cc2c1. The molecule has 0 N–H and O–H groups in total. The lowest BCUT2D eigenvalue weighted by atomic mass is 10.1. The smallest absolute Gasteiger partial charge is 0.159 e. The molecule has 0 saturated carbocycles. The largest absolute Gasteiger partial charge is 0.456 e. The summed E-state index contributed by atoms with van der Waals surface area (Å²) in [4.78, 5) is 22.6. The van der Waals surface area contributed by atoms with Crippen LogP contribution in [0.5, 0.6) is 0 Å². The third-order valence-electron chi connectivity index (χ3n) is 30.4. The highest BCUT2D eigenvalue weighted by atomic mass is 32.1. The van der Waals surface area contributed by atoms with Crippen LogP contribution in [0.4, 0.5) is 0 Å². The van der Waals surface area contributed by atoms with Crippen molar-refractivity contribution in [3.8, 4) is 22.7 Å². The molecule has 0 aliphatic heterocycles. The molecule has 0 saturated heterocycles. The number of rotatable bonds is 4. The summed E-state index contributed by atoms with van der Waals surface area (Å²) in [7, 11) is 0. The molecule has 16 aromatic heterocycles. The number of hydrogen-bond donors (Lipinski definition) is 0. The van der Waals surface area contributed by atoms with Crippen LogP contribution in [0.3, 0.4) is 0 Å². The highest BCUT2D eigenvalue weighted by Gasteiger charge is 2.28. The number of fused-ring (bicyclic) bond motifs is 44. The van der Waals surface area contributed by atoms with Gasteiger partial charge in [0.25, 0.3) is 0 Å². The summed E-state index contributed by atoms with van der Waals surface area (Å²) in [6, 6.07) is 145. The Bertz CT molecular complexity index is 11800. The normalized spacial score (nSPS) is 12.3. The molecule has 0 aliphatic rings. The van der Waals surface area contributed by atoms with E-state index in [2.05, 4.69) is 401 Å². The maximum Gasteiger partial charge on any atom is 0.159 e. The fraction of sp³-hybridized carbons (Fsp3) is 0. The lowest BCUT2D eigenvalue weighted by molar-refractivity contribution is 0.666. The van der Waals surface area contributed by atoms with Crippen molar-refractivity contribution in [1.82, 2.24) is 43.2 Å². The standard InChI is InChI=1S/C33H18N2OS.2C33H18N2S2.C32H17N3OS/c1-3-9-28-21(7-1)23-12-13-24-26-16-19-6-5-15-34-27(19)18-31(26)37-33(24)32(23)35(28)20-11-14-30-25(17-20)22-8-2-4-10-29(22)36-30;2*1-3-9-28-21(7-1)24-13-14-25-26-16-19-6-5-15-34-27(19)18-31(26)37-33(25)32(24)35(28)20-11-12-23-22-8-2-4-10-29(22)36-30(23)17-20;1-3-9-26-19(6-1)21-12-13-23-24-14-18-16-33-17-34-25(18)15-29(24)37-32(23)30(21)35(26)27-10-5-8-22-20-7-2-4-11-28(20)36-31(22)27/h3*1-18H;1-17H. The molecule has 688 valence electrons. The Morgan fingerprint density at radius 1 is 0.189 bits per heavy atom. The first-order valence-corrected chi connectivity index (χ1v) is 54.3. The van der Waals surface area contributed by atoms with Crippen LogP contribution >= 0.6 is 68.0 Å². The molecule has 36 aromatic rings. The second-order valence-electron chi connectivity index (χ2n) is 38.3. The van der Waals surface area contributed by atoms with E-state index < -0.39 is 0 Å². The van der Waals surface area contributed by atoms with Crippen LogP contribution in [0.25, 0.3) is 318 Å². The summed E-state index contributed by atoms with van der Waals surface area (Å²) >= 11 is 11.2. The summed E-state index contributed by atoms with van der Waals surface area (Å²) < 4.78 is 38.0. The van der Waals surface area contributed by atoms with Crippen molar-refractivity contribution in [3.05, 3.63) is 431 Å². The molecule has 148 heavy (non-hydrogen) atoms. The van der Waals surface area contributed by atoms with Crippen LogP contribution in [-0.2, 0) is 0 Å².